The standard InChI is InChI=1S/C27H28N4O4S2/c32-25-16-19(31-8-12-35-13-9-31)15-21(29-25)20-2-1-3-23-27(20)37-22-5-4-18(14-24(22)36-23)28-26(33)17-30-6-10-34-11-7-30/h1-5,14-16H,6-13,17H2,(H,28,33)(H,29,32). The van der Waals surface area contributed by atoms with Gasteiger partial charge in [0.05, 0.1) is 38.7 Å². The number of fused-ring (bicyclic) bond motifs is 2. The number of hydrogen-bond donors (Lipinski definition) is 2. The molecule has 0 atom stereocenters. The number of nitrogens with one attached hydrogen (secondary N) is 2. The average Bonchev–Trinajstić information content (AvgIpc) is 2.92. The Bertz CT molecular complexity index is 1370. The highest BCUT2D eigenvalue weighted by molar-refractivity contribution is 8.05. The summed E-state index contributed by atoms with van der Waals surface area (Å²) in [5, 5.41) is 3.05. The van der Waals surface area contributed by atoms with Gasteiger partial charge in [-0.1, -0.05) is 35.7 Å². The summed E-state index contributed by atoms with van der Waals surface area (Å²) in [6.45, 7) is 6.17. The van der Waals surface area contributed by atoms with Gasteiger partial charge in [-0.05, 0) is 30.3 Å². The first kappa shape index (κ1) is 24.6. The Labute approximate surface area is 223 Å². The minimum Gasteiger partial charge on any atom is -0.379 e. The van der Waals surface area contributed by atoms with Crippen molar-refractivity contribution < 1.29 is 14.3 Å². The van der Waals surface area contributed by atoms with Crippen LogP contribution in [-0.2, 0) is 14.3 Å². The zero-order valence-electron chi connectivity index (χ0n) is 20.3. The number of H-pyrrole nitrogens is 1. The Morgan fingerprint density at radius 3 is 2.49 bits per heavy atom. The maximum Gasteiger partial charge on any atom is 0.250 e. The Balaban J connectivity index is 1.22. The van der Waals surface area contributed by atoms with Gasteiger partial charge in [-0.2, -0.15) is 0 Å². The van der Waals surface area contributed by atoms with Gasteiger partial charge in [-0.25, -0.2) is 0 Å². The zero-order valence-corrected chi connectivity index (χ0v) is 22.0. The molecule has 3 aliphatic heterocycles. The van der Waals surface area contributed by atoms with Crippen LogP contribution in [0.2, 0.25) is 0 Å². The van der Waals surface area contributed by atoms with E-state index in [-0.39, 0.29) is 11.5 Å². The molecule has 0 bridgehead atoms. The first-order valence-electron chi connectivity index (χ1n) is 12.4. The smallest absolute Gasteiger partial charge is 0.250 e. The predicted molar refractivity (Wildman–Crippen MR) is 146 cm³/mol. The zero-order chi connectivity index (χ0) is 25.2. The molecule has 37 heavy (non-hydrogen) atoms. The number of anilines is 2. The van der Waals surface area contributed by atoms with Crippen molar-refractivity contribution in [1.29, 1.82) is 0 Å². The van der Waals surface area contributed by atoms with Gasteiger partial charge in [0.25, 0.3) is 0 Å². The van der Waals surface area contributed by atoms with Crippen molar-refractivity contribution in [3.05, 3.63) is 58.9 Å². The van der Waals surface area contributed by atoms with Gasteiger partial charge in [0, 0.05) is 68.8 Å². The van der Waals surface area contributed by atoms with Crippen molar-refractivity contribution in [1.82, 2.24) is 9.88 Å². The first-order chi connectivity index (χ1) is 18.1. The lowest BCUT2D eigenvalue weighted by Crippen LogP contribution is -2.41. The summed E-state index contributed by atoms with van der Waals surface area (Å²) in [5.74, 6) is -0.0119. The highest BCUT2D eigenvalue weighted by Crippen LogP contribution is 2.52. The number of nitrogens with zero attached hydrogens (tertiary/aromatic N) is 2. The van der Waals surface area contributed by atoms with Crippen molar-refractivity contribution >= 4 is 40.8 Å². The summed E-state index contributed by atoms with van der Waals surface area (Å²) < 4.78 is 10.8. The second-order valence-electron chi connectivity index (χ2n) is 9.15. The highest BCUT2D eigenvalue weighted by atomic mass is 32.2. The lowest BCUT2D eigenvalue weighted by Gasteiger charge is -2.29. The molecule has 0 aliphatic carbocycles. The Morgan fingerprint density at radius 2 is 1.68 bits per heavy atom. The monoisotopic (exact) mass is 536 g/mol. The molecule has 1 aromatic heterocycles. The minimum absolute atomic E-state index is 0.0119. The Hall–Kier alpha value is -2.76. The van der Waals surface area contributed by atoms with Gasteiger partial charge in [-0.15, -0.1) is 0 Å². The molecule has 2 saturated heterocycles. The molecular weight excluding hydrogens is 508 g/mol. The normalized spacial score (nSPS) is 17.7. The van der Waals surface area contributed by atoms with Gasteiger partial charge < -0.3 is 24.7 Å². The van der Waals surface area contributed by atoms with Crippen molar-refractivity contribution in [3.63, 3.8) is 0 Å². The third-order valence-electron chi connectivity index (χ3n) is 6.60. The second-order valence-corrected chi connectivity index (χ2v) is 11.3. The number of aromatic nitrogens is 1. The van der Waals surface area contributed by atoms with Crippen LogP contribution in [0.25, 0.3) is 11.3 Å². The number of carbonyl (C=O) groups is 1. The molecule has 2 aromatic carbocycles. The molecule has 10 heteroatoms. The van der Waals surface area contributed by atoms with Crippen LogP contribution in [0.15, 0.2) is 72.9 Å². The van der Waals surface area contributed by atoms with Crippen LogP contribution in [0.3, 0.4) is 0 Å². The highest BCUT2D eigenvalue weighted by Gasteiger charge is 2.23. The molecule has 2 fully saturated rings. The molecule has 6 rings (SSSR count). The predicted octanol–water partition coefficient (Wildman–Crippen LogP) is 3.77. The lowest BCUT2D eigenvalue weighted by molar-refractivity contribution is -0.118. The van der Waals surface area contributed by atoms with Crippen LogP contribution in [0.1, 0.15) is 0 Å². The van der Waals surface area contributed by atoms with E-state index in [1.165, 1.54) is 0 Å². The maximum atomic E-state index is 12.6. The van der Waals surface area contributed by atoms with Gasteiger partial charge in [-0.3, -0.25) is 14.5 Å². The molecule has 4 heterocycles. The fraction of sp³-hybridized carbons (Fsp3) is 0.333. The van der Waals surface area contributed by atoms with E-state index in [0.717, 1.165) is 68.4 Å². The maximum absolute atomic E-state index is 12.6. The molecule has 0 radical (unpaired) electrons. The van der Waals surface area contributed by atoms with Crippen molar-refractivity contribution in [2.45, 2.75) is 19.6 Å². The third-order valence-corrected chi connectivity index (χ3v) is 9.20. The van der Waals surface area contributed by atoms with E-state index < -0.39 is 0 Å². The number of ether oxygens (including phenoxy) is 2. The molecule has 1 amide bonds. The number of morpholine rings is 2. The molecule has 192 valence electrons. The molecule has 8 nitrogen and oxygen atoms in total. The van der Waals surface area contributed by atoms with Crippen molar-refractivity contribution in [2.75, 3.05) is 69.4 Å². The van der Waals surface area contributed by atoms with Gasteiger partial charge >= 0.3 is 0 Å². The molecule has 0 unspecified atom stereocenters. The second kappa shape index (κ2) is 10.9. The number of aromatic amines is 1. The van der Waals surface area contributed by atoms with Crippen molar-refractivity contribution in [2.24, 2.45) is 0 Å². The van der Waals surface area contributed by atoms with Crippen LogP contribution in [0, 0.1) is 0 Å². The van der Waals surface area contributed by atoms with E-state index in [9.17, 15) is 9.59 Å². The fourth-order valence-corrected chi connectivity index (χ4v) is 7.15. The topological polar surface area (TPSA) is 86.9 Å². The van der Waals surface area contributed by atoms with E-state index in [4.69, 9.17) is 9.47 Å². The quantitative estimate of drug-likeness (QED) is 0.399. The largest absolute Gasteiger partial charge is 0.379 e. The Kier molecular flexibility index (Phi) is 7.25. The lowest BCUT2D eigenvalue weighted by atomic mass is 10.1. The molecule has 2 N–H and O–H groups in total. The van der Waals surface area contributed by atoms with E-state index in [0.29, 0.717) is 33.0 Å². The first-order valence-corrected chi connectivity index (χ1v) is 14.1. The molecule has 0 saturated carbocycles. The van der Waals surface area contributed by atoms with Gasteiger partial charge in [0.15, 0.2) is 0 Å². The van der Waals surface area contributed by atoms with E-state index in [1.54, 1.807) is 29.6 Å². The fourth-order valence-electron chi connectivity index (χ4n) is 4.73. The van der Waals surface area contributed by atoms with Gasteiger partial charge in [0.1, 0.15) is 0 Å². The summed E-state index contributed by atoms with van der Waals surface area (Å²) in [6.07, 6.45) is 0. The number of hydrogen-bond acceptors (Lipinski definition) is 8. The average molecular weight is 537 g/mol. The van der Waals surface area contributed by atoms with Crippen LogP contribution in [-0.4, -0.2) is 74.9 Å². The molecule has 3 aromatic rings. The number of benzene rings is 2. The number of pyridine rings is 1. The van der Waals surface area contributed by atoms with Crippen LogP contribution in [0.4, 0.5) is 11.4 Å². The van der Waals surface area contributed by atoms with Crippen LogP contribution < -0.4 is 15.8 Å². The number of rotatable bonds is 5. The third kappa shape index (κ3) is 5.58. The van der Waals surface area contributed by atoms with Gasteiger partial charge in [0.2, 0.25) is 11.5 Å². The van der Waals surface area contributed by atoms with Crippen LogP contribution in [0.5, 0.6) is 0 Å². The van der Waals surface area contributed by atoms with E-state index >= 15 is 0 Å². The van der Waals surface area contributed by atoms with E-state index in [2.05, 4.69) is 44.4 Å². The Morgan fingerprint density at radius 1 is 0.892 bits per heavy atom. The number of amides is 1. The minimum atomic E-state index is -0.108. The summed E-state index contributed by atoms with van der Waals surface area (Å²) in [7, 11) is 0. The van der Waals surface area contributed by atoms with Crippen LogP contribution >= 0.6 is 23.5 Å². The van der Waals surface area contributed by atoms with Crippen molar-refractivity contribution in [3.8, 4) is 11.3 Å². The molecule has 0 spiro atoms. The molecule has 3 aliphatic rings. The molecular formula is C27H28N4O4S2. The summed E-state index contributed by atoms with van der Waals surface area (Å²) >= 11 is 3.38. The number of carbonyl (C=O) groups excluding carboxylic acids is 1. The summed E-state index contributed by atoms with van der Waals surface area (Å²) in [5.41, 5.74) is 3.44. The van der Waals surface area contributed by atoms with E-state index in [1.807, 2.05) is 18.2 Å². The summed E-state index contributed by atoms with van der Waals surface area (Å²) in [4.78, 5) is 37.0. The SMILES string of the molecule is O=C(CN1CCOCC1)Nc1ccc2c(c1)Sc1cccc(-c3cc(N4CCOCC4)cc(=O)[nH]3)c1S2. The summed E-state index contributed by atoms with van der Waals surface area (Å²) in [6, 6.07) is 16.0.